The first kappa shape index (κ1) is 32.1. The summed E-state index contributed by atoms with van der Waals surface area (Å²) >= 11 is 0. The Kier molecular flexibility index (Phi) is 12.4. The van der Waals surface area contributed by atoms with Crippen molar-refractivity contribution in [3.63, 3.8) is 0 Å². The van der Waals surface area contributed by atoms with Crippen molar-refractivity contribution in [2.45, 2.75) is 92.7 Å². The van der Waals surface area contributed by atoms with Crippen molar-refractivity contribution in [3.8, 4) is 0 Å². The zero-order chi connectivity index (χ0) is 28.0. The lowest BCUT2D eigenvalue weighted by molar-refractivity contribution is -0.338. The molecule has 0 aromatic heterocycles. The molecule has 2 heterocycles. The van der Waals surface area contributed by atoms with E-state index in [1.807, 2.05) is 0 Å². The van der Waals surface area contributed by atoms with E-state index in [-0.39, 0.29) is 0 Å². The van der Waals surface area contributed by atoms with Gasteiger partial charge in [-0.05, 0) is 0 Å². The highest BCUT2D eigenvalue weighted by Gasteiger charge is 2.49. The Morgan fingerprint density at radius 3 is 1.92 bits per heavy atom. The van der Waals surface area contributed by atoms with Gasteiger partial charge < -0.3 is 80.4 Å². The lowest BCUT2D eigenvalue weighted by atomic mass is 9.96. The van der Waals surface area contributed by atoms with Gasteiger partial charge in [0, 0.05) is 6.92 Å². The Balaban J connectivity index is 2.17. The maximum absolute atomic E-state index is 11.5. The van der Waals surface area contributed by atoms with Crippen molar-refractivity contribution < 1.29 is 79.9 Å². The van der Waals surface area contributed by atoms with Crippen molar-refractivity contribution in [2.75, 3.05) is 26.4 Å². The number of nitrogens with one attached hydrogen (secondary N) is 1. The van der Waals surface area contributed by atoms with E-state index in [4.69, 9.17) is 24.1 Å². The van der Waals surface area contributed by atoms with E-state index in [1.54, 1.807) is 0 Å². The minimum Gasteiger partial charge on any atom is -0.394 e. The van der Waals surface area contributed by atoms with Crippen LogP contribution in [0.25, 0.3) is 0 Å². The normalized spacial score (nSPS) is 40.0. The van der Waals surface area contributed by atoms with Crippen LogP contribution in [0.15, 0.2) is 0 Å². The average Bonchev–Trinajstić information content (AvgIpc) is 2.88. The maximum atomic E-state index is 11.5. The Hall–Kier alpha value is -1.13. The van der Waals surface area contributed by atoms with Crippen molar-refractivity contribution in [2.24, 2.45) is 0 Å². The lowest BCUT2D eigenvalue weighted by Crippen LogP contribution is -2.65. The zero-order valence-electron chi connectivity index (χ0n) is 19.9. The number of carbonyl (C=O) groups excluding carboxylic acids is 1. The molecule has 12 N–H and O–H groups in total. The fraction of sp³-hybridized carbons (Fsp3) is 0.950. The predicted molar refractivity (Wildman–Crippen MR) is 115 cm³/mol. The van der Waals surface area contributed by atoms with Crippen LogP contribution < -0.4 is 5.32 Å². The van der Waals surface area contributed by atoms with Gasteiger partial charge in [0.1, 0.15) is 73.2 Å². The minimum atomic E-state index is -1.97. The fourth-order valence-corrected chi connectivity index (χ4v) is 3.95. The second-order valence-corrected chi connectivity index (χ2v) is 8.87. The van der Waals surface area contributed by atoms with E-state index in [0.717, 1.165) is 6.92 Å². The lowest BCUT2D eigenvalue weighted by Gasteiger charge is -2.44. The molecule has 0 aromatic rings. The van der Waals surface area contributed by atoms with E-state index < -0.39 is 118 Å². The molecule has 17 nitrogen and oxygen atoms in total. The molecule has 2 aliphatic heterocycles. The number of amides is 1. The SMILES string of the molecule is CC(=O)N[C@H]1[C@H](OC[C@H]2O[C@@H](O[C@@H]([C@H](O)[C@@H](O)CO)[C@H](O)CO)[C@H](O)[C@@H](O)[C@H]2O)O[C@H](CO)[C@@H](O)[C@@H]1O. The van der Waals surface area contributed by atoms with Crippen LogP contribution in [0.4, 0.5) is 0 Å². The van der Waals surface area contributed by atoms with Crippen LogP contribution >= 0.6 is 0 Å². The molecule has 2 fully saturated rings. The van der Waals surface area contributed by atoms with Crippen LogP contribution in [0.5, 0.6) is 0 Å². The minimum absolute atomic E-state index is 0.617. The molecule has 0 aromatic carbocycles. The number of hydrogen-bond acceptors (Lipinski definition) is 16. The smallest absolute Gasteiger partial charge is 0.217 e. The Bertz CT molecular complexity index is 703. The Labute approximate surface area is 211 Å². The quantitative estimate of drug-likeness (QED) is 0.108. The summed E-state index contributed by atoms with van der Waals surface area (Å²) < 4.78 is 21.6. The topological polar surface area (TPSA) is 289 Å². The van der Waals surface area contributed by atoms with Crippen LogP contribution in [0, 0.1) is 0 Å². The van der Waals surface area contributed by atoms with Gasteiger partial charge in [0.05, 0.1) is 26.4 Å². The summed E-state index contributed by atoms with van der Waals surface area (Å²) in [6.45, 7) is -2.14. The van der Waals surface area contributed by atoms with E-state index in [0.29, 0.717) is 0 Å². The summed E-state index contributed by atoms with van der Waals surface area (Å²) in [7, 11) is 0. The van der Waals surface area contributed by atoms with Gasteiger partial charge in [0.25, 0.3) is 0 Å². The standard InChI is InChI=1S/C20H37NO16/c1-6(25)21-11-15(31)13(29)9(4-24)35-19(11)34-5-10-14(30)16(32)17(33)20(36-10)37-18(8(27)3-23)12(28)7(26)2-22/h7-20,22-24,26-33H,2-5H2,1H3,(H,21,25)/t7-,8+,9+,10+,11+,12+,13+,14-,15+,16-,17+,18+,19+,20-/m0/s1. The van der Waals surface area contributed by atoms with Crippen molar-refractivity contribution >= 4 is 5.91 Å². The van der Waals surface area contributed by atoms with Gasteiger partial charge in [-0.1, -0.05) is 0 Å². The predicted octanol–water partition coefficient (Wildman–Crippen LogP) is -7.79. The monoisotopic (exact) mass is 547 g/mol. The second-order valence-electron chi connectivity index (χ2n) is 8.87. The molecule has 17 heteroatoms. The van der Waals surface area contributed by atoms with Gasteiger partial charge in [0.2, 0.25) is 5.91 Å². The Morgan fingerprint density at radius 1 is 0.811 bits per heavy atom. The highest BCUT2D eigenvalue weighted by molar-refractivity contribution is 5.73. The van der Waals surface area contributed by atoms with Gasteiger partial charge >= 0.3 is 0 Å². The van der Waals surface area contributed by atoms with Gasteiger partial charge in [0.15, 0.2) is 12.6 Å². The van der Waals surface area contributed by atoms with Crippen LogP contribution in [0.3, 0.4) is 0 Å². The van der Waals surface area contributed by atoms with Gasteiger partial charge in [-0.3, -0.25) is 4.79 Å². The number of carbonyl (C=O) groups is 1. The number of aliphatic hydroxyl groups excluding tert-OH is 11. The number of hydrogen-bond donors (Lipinski definition) is 12. The highest BCUT2D eigenvalue weighted by atomic mass is 16.7. The molecular formula is C20H37NO16. The molecular weight excluding hydrogens is 510 g/mol. The molecule has 0 bridgehead atoms. The molecule has 2 rings (SSSR count). The Morgan fingerprint density at radius 2 is 1.38 bits per heavy atom. The number of aliphatic hydroxyl groups is 11. The summed E-state index contributed by atoms with van der Waals surface area (Å²) in [5.74, 6) is -0.617. The van der Waals surface area contributed by atoms with Gasteiger partial charge in [-0.2, -0.15) is 0 Å². The molecule has 1 amide bonds. The molecule has 0 aliphatic carbocycles. The first-order chi connectivity index (χ1) is 17.4. The second kappa shape index (κ2) is 14.3. The van der Waals surface area contributed by atoms with Crippen LogP contribution in [-0.2, 0) is 23.7 Å². The van der Waals surface area contributed by atoms with Crippen molar-refractivity contribution in [1.82, 2.24) is 5.32 Å². The van der Waals surface area contributed by atoms with E-state index in [2.05, 4.69) is 5.32 Å². The van der Waals surface area contributed by atoms with Crippen molar-refractivity contribution in [3.05, 3.63) is 0 Å². The molecule has 0 spiro atoms. The molecule has 0 saturated carbocycles. The molecule has 2 saturated heterocycles. The first-order valence-electron chi connectivity index (χ1n) is 11.5. The molecule has 0 unspecified atom stereocenters. The van der Waals surface area contributed by atoms with Crippen molar-refractivity contribution in [1.29, 1.82) is 0 Å². The largest absolute Gasteiger partial charge is 0.394 e. The maximum Gasteiger partial charge on any atom is 0.217 e. The highest BCUT2D eigenvalue weighted by Crippen LogP contribution is 2.27. The molecule has 0 radical (unpaired) electrons. The summed E-state index contributed by atoms with van der Waals surface area (Å²) in [4.78, 5) is 11.5. The zero-order valence-corrected chi connectivity index (χ0v) is 19.9. The van der Waals surface area contributed by atoms with Crippen LogP contribution in [0.1, 0.15) is 6.92 Å². The third-order valence-corrected chi connectivity index (χ3v) is 6.12. The summed E-state index contributed by atoms with van der Waals surface area (Å²) in [5, 5.41) is 111. The summed E-state index contributed by atoms with van der Waals surface area (Å²) in [6, 6.07) is -1.32. The molecule has 14 atom stereocenters. The van der Waals surface area contributed by atoms with Crippen LogP contribution in [0.2, 0.25) is 0 Å². The third kappa shape index (κ3) is 7.72. The van der Waals surface area contributed by atoms with Gasteiger partial charge in [-0.25, -0.2) is 0 Å². The van der Waals surface area contributed by atoms with E-state index in [9.17, 15) is 55.9 Å². The van der Waals surface area contributed by atoms with E-state index in [1.165, 1.54) is 0 Å². The molecule has 2 aliphatic rings. The third-order valence-electron chi connectivity index (χ3n) is 6.12. The van der Waals surface area contributed by atoms with Crippen LogP contribution in [-0.4, -0.2) is 174 Å². The summed E-state index contributed by atoms with van der Waals surface area (Å²) in [6.07, 6.45) is -22.5. The summed E-state index contributed by atoms with van der Waals surface area (Å²) in [5.41, 5.74) is 0. The fourth-order valence-electron chi connectivity index (χ4n) is 3.95. The van der Waals surface area contributed by atoms with Gasteiger partial charge in [-0.15, -0.1) is 0 Å². The first-order valence-corrected chi connectivity index (χ1v) is 11.5. The van der Waals surface area contributed by atoms with E-state index >= 15 is 0 Å². The molecule has 37 heavy (non-hydrogen) atoms. The average molecular weight is 548 g/mol. The number of ether oxygens (including phenoxy) is 4. The number of rotatable bonds is 12. The molecule has 218 valence electrons.